The predicted molar refractivity (Wildman–Crippen MR) is 84.2 cm³/mol. The standard InChI is InChI=1S/C16H16BrClO/c17-16(11-4-3-9-19-10-11)14-7-8-15(18)13-6-2-1-5-12(13)14/h1-2,5-8,11,16H,3-4,9-10H2. The van der Waals surface area contributed by atoms with Crippen molar-refractivity contribution < 1.29 is 4.74 Å². The molecule has 0 spiro atoms. The minimum atomic E-state index is 0.329. The Bertz CT molecular complexity index is 578. The highest BCUT2D eigenvalue weighted by Gasteiger charge is 2.24. The zero-order valence-electron chi connectivity index (χ0n) is 10.6. The molecule has 0 aliphatic carbocycles. The van der Waals surface area contributed by atoms with Gasteiger partial charge >= 0.3 is 0 Å². The van der Waals surface area contributed by atoms with Crippen molar-refractivity contribution in [3.05, 3.63) is 47.0 Å². The Hall–Kier alpha value is -0.570. The molecule has 1 nitrogen and oxygen atoms in total. The molecular formula is C16H16BrClO. The van der Waals surface area contributed by atoms with Gasteiger partial charge in [-0.2, -0.15) is 0 Å². The van der Waals surface area contributed by atoms with Crippen molar-refractivity contribution in [2.24, 2.45) is 5.92 Å². The maximum atomic E-state index is 6.28. The molecule has 2 aromatic rings. The second-order valence-electron chi connectivity index (χ2n) is 5.06. The Morgan fingerprint density at radius 2 is 1.95 bits per heavy atom. The van der Waals surface area contributed by atoms with Gasteiger partial charge in [-0.25, -0.2) is 0 Å². The van der Waals surface area contributed by atoms with Crippen LogP contribution in [0.4, 0.5) is 0 Å². The lowest BCUT2D eigenvalue weighted by atomic mass is 9.91. The Labute approximate surface area is 127 Å². The normalized spacial score (nSPS) is 21.5. The highest BCUT2D eigenvalue weighted by atomic mass is 79.9. The summed E-state index contributed by atoms with van der Waals surface area (Å²) in [6.45, 7) is 1.74. The van der Waals surface area contributed by atoms with E-state index in [9.17, 15) is 0 Å². The van der Waals surface area contributed by atoms with Crippen LogP contribution < -0.4 is 0 Å². The van der Waals surface area contributed by atoms with E-state index in [0.717, 1.165) is 30.0 Å². The molecule has 0 N–H and O–H groups in total. The fraction of sp³-hybridized carbons (Fsp3) is 0.375. The minimum Gasteiger partial charge on any atom is -0.381 e. The van der Waals surface area contributed by atoms with Crippen molar-refractivity contribution in [3.8, 4) is 0 Å². The van der Waals surface area contributed by atoms with E-state index in [1.54, 1.807) is 0 Å². The van der Waals surface area contributed by atoms with Crippen LogP contribution in [0.5, 0.6) is 0 Å². The summed E-state index contributed by atoms with van der Waals surface area (Å²) in [6.07, 6.45) is 2.37. The van der Waals surface area contributed by atoms with E-state index < -0.39 is 0 Å². The summed E-state index contributed by atoms with van der Waals surface area (Å²) in [6, 6.07) is 12.5. The van der Waals surface area contributed by atoms with Crippen molar-refractivity contribution in [2.45, 2.75) is 17.7 Å². The zero-order chi connectivity index (χ0) is 13.2. The first-order valence-corrected chi connectivity index (χ1v) is 7.95. The van der Waals surface area contributed by atoms with E-state index in [4.69, 9.17) is 16.3 Å². The van der Waals surface area contributed by atoms with Crippen molar-refractivity contribution >= 4 is 38.3 Å². The highest BCUT2D eigenvalue weighted by Crippen LogP contribution is 2.40. The van der Waals surface area contributed by atoms with Gasteiger partial charge in [0, 0.05) is 21.8 Å². The number of halogens is 2. The van der Waals surface area contributed by atoms with Gasteiger partial charge in [0.25, 0.3) is 0 Å². The van der Waals surface area contributed by atoms with Gasteiger partial charge in [0.2, 0.25) is 0 Å². The van der Waals surface area contributed by atoms with Crippen molar-refractivity contribution in [1.29, 1.82) is 0 Å². The molecule has 1 aliphatic heterocycles. The van der Waals surface area contributed by atoms with Crippen LogP contribution in [-0.4, -0.2) is 13.2 Å². The summed E-state index contributed by atoms with van der Waals surface area (Å²) in [7, 11) is 0. The van der Waals surface area contributed by atoms with Crippen LogP contribution in [0.3, 0.4) is 0 Å². The third-order valence-electron chi connectivity index (χ3n) is 3.81. The third kappa shape index (κ3) is 2.67. The Kier molecular flexibility index (Phi) is 4.11. The molecule has 2 aromatic carbocycles. The first-order chi connectivity index (χ1) is 9.27. The van der Waals surface area contributed by atoms with Gasteiger partial charge in [0.15, 0.2) is 0 Å². The van der Waals surface area contributed by atoms with E-state index in [-0.39, 0.29) is 0 Å². The maximum Gasteiger partial charge on any atom is 0.0508 e. The summed E-state index contributed by atoms with van der Waals surface area (Å²) in [5.41, 5.74) is 1.32. The average Bonchev–Trinajstić information content (AvgIpc) is 2.48. The Balaban J connectivity index is 2.02. The van der Waals surface area contributed by atoms with E-state index >= 15 is 0 Å². The minimum absolute atomic E-state index is 0.329. The van der Waals surface area contributed by atoms with Crippen LogP contribution in [0.15, 0.2) is 36.4 Å². The summed E-state index contributed by atoms with van der Waals surface area (Å²) in [5, 5.41) is 3.18. The van der Waals surface area contributed by atoms with Gasteiger partial charge in [-0.3, -0.25) is 0 Å². The number of rotatable bonds is 2. The van der Waals surface area contributed by atoms with Gasteiger partial charge in [-0.15, -0.1) is 0 Å². The molecule has 0 saturated carbocycles. The monoisotopic (exact) mass is 338 g/mol. The molecule has 3 heteroatoms. The summed E-state index contributed by atoms with van der Waals surface area (Å²) in [4.78, 5) is 0.329. The fourth-order valence-electron chi connectivity index (χ4n) is 2.78. The number of alkyl halides is 1. The van der Waals surface area contributed by atoms with Crippen molar-refractivity contribution in [2.75, 3.05) is 13.2 Å². The molecule has 19 heavy (non-hydrogen) atoms. The first kappa shape index (κ1) is 13.4. The number of ether oxygens (including phenoxy) is 1. The smallest absolute Gasteiger partial charge is 0.0508 e. The van der Waals surface area contributed by atoms with Crippen LogP contribution in [0.25, 0.3) is 10.8 Å². The lowest BCUT2D eigenvalue weighted by Crippen LogP contribution is -2.21. The van der Waals surface area contributed by atoms with Gasteiger partial charge in [-0.05, 0) is 35.8 Å². The van der Waals surface area contributed by atoms with Crippen molar-refractivity contribution in [1.82, 2.24) is 0 Å². The van der Waals surface area contributed by atoms with Gasteiger partial charge in [0.05, 0.1) is 6.61 Å². The number of hydrogen-bond acceptors (Lipinski definition) is 1. The predicted octanol–water partition coefficient (Wildman–Crippen LogP) is 5.36. The largest absolute Gasteiger partial charge is 0.381 e. The summed E-state index contributed by atoms with van der Waals surface area (Å²) >= 11 is 10.1. The van der Waals surface area contributed by atoms with E-state index in [1.165, 1.54) is 17.4 Å². The molecule has 0 aromatic heterocycles. The molecule has 1 heterocycles. The van der Waals surface area contributed by atoms with Gasteiger partial charge < -0.3 is 4.74 Å². The quantitative estimate of drug-likeness (QED) is 0.670. The zero-order valence-corrected chi connectivity index (χ0v) is 13.0. The maximum absolute atomic E-state index is 6.28. The molecule has 1 fully saturated rings. The Morgan fingerprint density at radius 3 is 2.68 bits per heavy atom. The highest BCUT2D eigenvalue weighted by molar-refractivity contribution is 9.09. The summed E-state index contributed by atoms with van der Waals surface area (Å²) < 4.78 is 5.60. The molecule has 0 radical (unpaired) electrons. The lowest BCUT2D eigenvalue weighted by molar-refractivity contribution is 0.0547. The summed E-state index contributed by atoms with van der Waals surface area (Å²) in [5.74, 6) is 0.540. The van der Waals surface area contributed by atoms with Crippen LogP contribution in [0.2, 0.25) is 5.02 Å². The molecule has 0 amide bonds. The molecule has 1 aliphatic rings. The Morgan fingerprint density at radius 1 is 1.16 bits per heavy atom. The van der Waals surface area contributed by atoms with Crippen LogP contribution in [0.1, 0.15) is 23.2 Å². The molecular weight excluding hydrogens is 324 g/mol. The second kappa shape index (κ2) is 5.82. The molecule has 2 atom stereocenters. The molecule has 2 unspecified atom stereocenters. The van der Waals surface area contributed by atoms with E-state index in [1.807, 2.05) is 12.1 Å². The lowest BCUT2D eigenvalue weighted by Gasteiger charge is -2.27. The van der Waals surface area contributed by atoms with Crippen LogP contribution in [0, 0.1) is 5.92 Å². The van der Waals surface area contributed by atoms with Crippen LogP contribution in [-0.2, 0) is 4.74 Å². The fourth-order valence-corrected chi connectivity index (χ4v) is 3.82. The number of benzene rings is 2. The molecule has 3 rings (SSSR count). The van der Waals surface area contributed by atoms with Gasteiger partial charge in [0.1, 0.15) is 0 Å². The topological polar surface area (TPSA) is 9.23 Å². The van der Waals surface area contributed by atoms with Crippen molar-refractivity contribution in [3.63, 3.8) is 0 Å². The first-order valence-electron chi connectivity index (χ1n) is 6.66. The molecule has 100 valence electrons. The molecule has 1 saturated heterocycles. The SMILES string of the molecule is Clc1ccc(C(Br)C2CCCOC2)c2ccccc12. The third-order valence-corrected chi connectivity index (χ3v) is 5.38. The number of fused-ring (bicyclic) bond motifs is 1. The van der Waals surface area contributed by atoms with E-state index in [0.29, 0.717) is 10.7 Å². The molecule has 0 bridgehead atoms. The average molecular weight is 340 g/mol. The second-order valence-corrected chi connectivity index (χ2v) is 6.45. The number of hydrogen-bond donors (Lipinski definition) is 0. The van der Waals surface area contributed by atoms with Gasteiger partial charge in [-0.1, -0.05) is 57.9 Å². The van der Waals surface area contributed by atoms with E-state index in [2.05, 4.69) is 40.2 Å². The van der Waals surface area contributed by atoms with Crippen LogP contribution >= 0.6 is 27.5 Å².